The molecular weight excluding hydrogens is 282 g/mol. The van der Waals surface area contributed by atoms with Crippen molar-refractivity contribution in [1.29, 1.82) is 0 Å². The predicted molar refractivity (Wildman–Crippen MR) is 79.5 cm³/mol. The highest BCUT2D eigenvalue weighted by atomic mass is 16.5. The predicted octanol–water partition coefficient (Wildman–Crippen LogP) is 1.63. The van der Waals surface area contributed by atoms with Crippen LogP contribution in [0.2, 0.25) is 0 Å². The second-order valence-electron chi connectivity index (χ2n) is 5.57. The summed E-state index contributed by atoms with van der Waals surface area (Å²) in [5.41, 5.74) is 1.12. The Morgan fingerprint density at radius 2 is 2.09 bits per heavy atom. The van der Waals surface area contributed by atoms with Crippen molar-refractivity contribution in [3.8, 4) is 5.88 Å². The number of carbonyl (C=O) groups excluding carboxylic acids is 1. The van der Waals surface area contributed by atoms with Crippen LogP contribution in [-0.2, 0) is 0 Å². The minimum Gasteiger partial charge on any atom is -0.474 e. The number of aromatic nitrogens is 4. The lowest BCUT2D eigenvalue weighted by Crippen LogP contribution is -2.40. The number of amides is 1. The zero-order valence-electron chi connectivity index (χ0n) is 12.5. The SMILES string of the molecule is Cc1ccc(OC2CCC(NC(=O)c3ncn[nH]3)CC2)nc1. The average Bonchev–Trinajstić information content (AvgIpc) is 3.06. The summed E-state index contributed by atoms with van der Waals surface area (Å²) >= 11 is 0. The third kappa shape index (κ3) is 3.60. The Labute approximate surface area is 128 Å². The fourth-order valence-electron chi connectivity index (χ4n) is 2.59. The van der Waals surface area contributed by atoms with Crippen LogP contribution in [0.3, 0.4) is 0 Å². The largest absolute Gasteiger partial charge is 0.474 e. The summed E-state index contributed by atoms with van der Waals surface area (Å²) in [4.78, 5) is 20.0. The lowest BCUT2D eigenvalue weighted by Gasteiger charge is -2.28. The van der Waals surface area contributed by atoms with Crippen molar-refractivity contribution in [3.05, 3.63) is 36.0 Å². The number of rotatable bonds is 4. The molecule has 0 saturated heterocycles. The van der Waals surface area contributed by atoms with Crippen LogP contribution in [0.25, 0.3) is 0 Å². The van der Waals surface area contributed by atoms with Crippen molar-refractivity contribution in [3.63, 3.8) is 0 Å². The highest BCUT2D eigenvalue weighted by Crippen LogP contribution is 2.23. The highest BCUT2D eigenvalue weighted by Gasteiger charge is 2.24. The Morgan fingerprint density at radius 3 is 2.73 bits per heavy atom. The smallest absolute Gasteiger partial charge is 0.288 e. The number of nitrogens with one attached hydrogen (secondary N) is 2. The molecular formula is C15H19N5O2. The summed E-state index contributed by atoms with van der Waals surface area (Å²) in [6.07, 6.45) is 6.86. The van der Waals surface area contributed by atoms with Crippen molar-refractivity contribution in [1.82, 2.24) is 25.5 Å². The molecule has 0 atom stereocenters. The summed E-state index contributed by atoms with van der Waals surface area (Å²) in [5.74, 6) is 0.712. The Morgan fingerprint density at radius 1 is 1.27 bits per heavy atom. The molecule has 22 heavy (non-hydrogen) atoms. The van der Waals surface area contributed by atoms with E-state index < -0.39 is 0 Å². The third-order valence-corrected chi connectivity index (χ3v) is 3.81. The Bertz CT molecular complexity index is 603. The molecule has 0 aliphatic heterocycles. The van der Waals surface area contributed by atoms with Crippen molar-refractivity contribution in [2.24, 2.45) is 0 Å². The van der Waals surface area contributed by atoms with E-state index in [2.05, 4.69) is 25.5 Å². The molecule has 7 heteroatoms. The molecule has 1 aliphatic rings. The molecule has 1 fully saturated rings. The van der Waals surface area contributed by atoms with Crippen LogP contribution in [0.5, 0.6) is 5.88 Å². The molecule has 1 amide bonds. The summed E-state index contributed by atoms with van der Waals surface area (Å²) in [6, 6.07) is 4.04. The standard InChI is InChI=1S/C15H19N5O2/c1-10-2-7-13(16-8-10)22-12-5-3-11(4-6-12)19-15(21)14-17-9-18-20-14/h2,7-9,11-12H,3-6H2,1H3,(H,19,21)(H,17,18,20). The number of aromatic amines is 1. The number of aryl methyl sites for hydroxylation is 1. The van der Waals surface area contributed by atoms with Gasteiger partial charge in [0, 0.05) is 18.3 Å². The summed E-state index contributed by atoms with van der Waals surface area (Å²) < 4.78 is 5.88. The maximum absolute atomic E-state index is 11.9. The van der Waals surface area contributed by atoms with Crippen LogP contribution in [0.1, 0.15) is 41.9 Å². The molecule has 0 spiro atoms. The van der Waals surface area contributed by atoms with E-state index in [1.165, 1.54) is 6.33 Å². The van der Waals surface area contributed by atoms with Crippen molar-refractivity contribution in [2.45, 2.75) is 44.8 Å². The van der Waals surface area contributed by atoms with E-state index in [9.17, 15) is 4.79 Å². The molecule has 0 radical (unpaired) electrons. The lowest BCUT2D eigenvalue weighted by molar-refractivity contribution is 0.0880. The van der Waals surface area contributed by atoms with Gasteiger partial charge in [-0.3, -0.25) is 9.89 Å². The first-order valence-corrected chi connectivity index (χ1v) is 7.46. The van der Waals surface area contributed by atoms with Gasteiger partial charge in [-0.1, -0.05) is 6.07 Å². The second kappa shape index (κ2) is 6.55. The molecule has 0 aromatic carbocycles. The van der Waals surface area contributed by atoms with Gasteiger partial charge in [0.25, 0.3) is 5.91 Å². The van der Waals surface area contributed by atoms with Crippen molar-refractivity contribution >= 4 is 5.91 Å². The van der Waals surface area contributed by atoms with Gasteiger partial charge in [0.05, 0.1) is 0 Å². The summed E-state index contributed by atoms with van der Waals surface area (Å²) in [7, 11) is 0. The molecule has 2 aromatic rings. The van der Waals surface area contributed by atoms with Crippen LogP contribution in [0, 0.1) is 6.92 Å². The lowest BCUT2D eigenvalue weighted by atomic mass is 9.93. The van der Waals surface area contributed by atoms with Gasteiger partial charge in [0.2, 0.25) is 11.7 Å². The number of carbonyl (C=O) groups is 1. The van der Waals surface area contributed by atoms with E-state index >= 15 is 0 Å². The second-order valence-corrected chi connectivity index (χ2v) is 5.57. The van der Waals surface area contributed by atoms with E-state index in [1.807, 2.05) is 19.1 Å². The van der Waals surface area contributed by atoms with Crippen LogP contribution < -0.4 is 10.1 Å². The molecule has 1 aliphatic carbocycles. The van der Waals surface area contributed by atoms with E-state index in [-0.39, 0.29) is 23.9 Å². The Balaban J connectivity index is 1.46. The number of nitrogens with zero attached hydrogens (tertiary/aromatic N) is 3. The molecule has 2 aromatic heterocycles. The van der Waals surface area contributed by atoms with Crippen molar-refractivity contribution < 1.29 is 9.53 Å². The fourth-order valence-corrected chi connectivity index (χ4v) is 2.59. The maximum Gasteiger partial charge on any atom is 0.288 e. The maximum atomic E-state index is 11.9. The van der Waals surface area contributed by atoms with Gasteiger partial charge in [0.15, 0.2) is 0 Å². The van der Waals surface area contributed by atoms with Gasteiger partial charge in [-0.15, -0.1) is 0 Å². The zero-order valence-corrected chi connectivity index (χ0v) is 12.5. The van der Waals surface area contributed by atoms with E-state index in [4.69, 9.17) is 4.74 Å². The number of hydrogen-bond donors (Lipinski definition) is 2. The number of H-pyrrole nitrogens is 1. The molecule has 0 bridgehead atoms. The zero-order chi connectivity index (χ0) is 15.4. The molecule has 116 valence electrons. The number of hydrogen-bond acceptors (Lipinski definition) is 5. The van der Waals surface area contributed by atoms with E-state index in [0.29, 0.717) is 5.88 Å². The first kappa shape index (κ1) is 14.5. The third-order valence-electron chi connectivity index (χ3n) is 3.81. The van der Waals surface area contributed by atoms with Crippen LogP contribution in [-0.4, -0.2) is 38.2 Å². The van der Waals surface area contributed by atoms with Crippen LogP contribution in [0.4, 0.5) is 0 Å². The number of ether oxygens (including phenoxy) is 1. The Kier molecular flexibility index (Phi) is 4.32. The minimum atomic E-state index is -0.206. The van der Waals surface area contributed by atoms with E-state index in [0.717, 1.165) is 31.2 Å². The van der Waals surface area contributed by atoms with Crippen LogP contribution >= 0.6 is 0 Å². The summed E-state index contributed by atoms with van der Waals surface area (Å²) in [5, 5.41) is 9.21. The van der Waals surface area contributed by atoms with Gasteiger partial charge in [-0.2, -0.15) is 5.10 Å². The fraction of sp³-hybridized carbons (Fsp3) is 0.467. The molecule has 7 nitrogen and oxygen atoms in total. The van der Waals surface area contributed by atoms with E-state index in [1.54, 1.807) is 6.20 Å². The molecule has 2 heterocycles. The van der Waals surface area contributed by atoms with Gasteiger partial charge < -0.3 is 10.1 Å². The quantitative estimate of drug-likeness (QED) is 0.895. The normalized spacial score (nSPS) is 21.3. The van der Waals surface area contributed by atoms with Gasteiger partial charge in [-0.05, 0) is 38.2 Å². The highest BCUT2D eigenvalue weighted by molar-refractivity contribution is 5.90. The van der Waals surface area contributed by atoms with Gasteiger partial charge in [0.1, 0.15) is 12.4 Å². The summed E-state index contributed by atoms with van der Waals surface area (Å²) in [6.45, 7) is 2.00. The topological polar surface area (TPSA) is 92.8 Å². The monoisotopic (exact) mass is 301 g/mol. The first-order valence-electron chi connectivity index (χ1n) is 7.46. The van der Waals surface area contributed by atoms with Crippen LogP contribution in [0.15, 0.2) is 24.7 Å². The van der Waals surface area contributed by atoms with Crippen molar-refractivity contribution in [2.75, 3.05) is 0 Å². The van der Waals surface area contributed by atoms with Gasteiger partial charge in [-0.25, -0.2) is 9.97 Å². The molecule has 0 unspecified atom stereocenters. The Hall–Kier alpha value is -2.44. The first-order chi connectivity index (χ1) is 10.7. The number of pyridine rings is 1. The average molecular weight is 301 g/mol. The molecule has 3 rings (SSSR count). The minimum absolute atomic E-state index is 0.156. The van der Waals surface area contributed by atoms with Gasteiger partial charge >= 0.3 is 0 Å². The molecule has 1 saturated carbocycles. The molecule has 2 N–H and O–H groups in total.